The number of fused-ring (bicyclic) bond motifs is 1. The van der Waals surface area contributed by atoms with Crippen molar-refractivity contribution in [3.63, 3.8) is 0 Å². The van der Waals surface area contributed by atoms with Crippen LogP contribution in [0.3, 0.4) is 0 Å². The molecular weight excluding hydrogens is 381 g/mol. The number of nitrogens with zero attached hydrogens (tertiary/aromatic N) is 3. The summed E-state index contributed by atoms with van der Waals surface area (Å²) < 4.78 is 2.33. The van der Waals surface area contributed by atoms with Crippen LogP contribution in [0.5, 0.6) is 0 Å². The second kappa shape index (κ2) is 7.53. The number of rotatable bonds is 4. The summed E-state index contributed by atoms with van der Waals surface area (Å²) in [7, 11) is 1.78. The number of amides is 1. The fourth-order valence-corrected chi connectivity index (χ4v) is 4.30. The van der Waals surface area contributed by atoms with Crippen LogP contribution in [0.25, 0.3) is 11.0 Å². The number of halogens is 2. The first-order valence-electron chi connectivity index (χ1n) is 9.21. The summed E-state index contributed by atoms with van der Waals surface area (Å²) in [5.41, 5.74) is 2.53. The molecule has 0 saturated heterocycles. The van der Waals surface area contributed by atoms with E-state index in [1.165, 1.54) is 12.8 Å². The lowest BCUT2D eigenvalue weighted by atomic mass is 10.2. The van der Waals surface area contributed by atoms with E-state index in [1.54, 1.807) is 30.1 Å². The van der Waals surface area contributed by atoms with E-state index in [0.717, 1.165) is 29.7 Å². The molecule has 4 nitrogen and oxygen atoms in total. The van der Waals surface area contributed by atoms with Gasteiger partial charge in [0.15, 0.2) is 0 Å². The molecular formula is C21H21Cl2N3O. The van der Waals surface area contributed by atoms with E-state index >= 15 is 0 Å². The lowest BCUT2D eigenvalue weighted by Crippen LogP contribution is -2.28. The first kappa shape index (κ1) is 18.3. The van der Waals surface area contributed by atoms with Crippen molar-refractivity contribution < 1.29 is 4.79 Å². The zero-order valence-electron chi connectivity index (χ0n) is 15.2. The van der Waals surface area contributed by atoms with E-state index in [1.807, 2.05) is 18.2 Å². The van der Waals surface area contributed by atoms with Crippen molar-refractivity contribution in [3.05, 3.63) is 63.9 Å². The van der Waals surface area contributed by atoms with Gasteiger partial charge in [0.2, 0.25) is 0 Å². The van der Waals surface area contributed by atoms with Crippen LogP contribution in [-0.2, 0) is 6.54 Å². The van der Waals surface area contributed by atoms with Crippen LogP contribution in [0, 0.1) is 0 Å². The highest BCUT2D eigenvalue weighted by Crippen LogP contribution is 2.34. The maximum absolute atomic E-state index is 12.9. The van der Waals surface area contributed by atoms with E-state index < -0.39 is 0 Å². The Labute approximate surface area is 168 Å². The van der Waals surface area contributed by atoms with Gasteiger partial charge in [-0.1, -0.05) is 48.2 Å². The molecule has 1 amide bonds. The summed E-state index contributed by atoms with van der Waals surface area (Å²) >= 11 is 12.3. The molecule has 0 N–H and O–H groups in total. The number of hydrogen-bond acceptors (Lipinski definition) is 2. The molecule has 27 heavy (non-hydrogen) atoms. The number of carbonyl (C=O) groups is 1. The highest BCUT2D eigenvalue weighted by Gasteiger charge is 2.24. The van der Waals surface area contributed by atoms with E-state index in [2.05, 4.69) is 10.6 Å². The summed E-state index contributed by atoms with van der Waals surface area (Å²) in [6, 6.07) is 13.6. The number of carbonyl (C=O) groups excluding carboxylic acids is 1. The van der Waals surface area contributed by atoms with Crippen molar-refractivity contribution in [1.82, 2.24) is 14.5 Å². The third kappa shape index (κ3) is 3.56. The molecule has 0 aliphatic heterocycles. The van der Waals surface area contributed by atoms with Gasteiger partial charge in [0.25, 0.3) is 5.91 Å². The van der Waals surface area contributed by atoms with E-state index in [0.29, 0.717) is 28.2 Å². The molecule has 1 aromatic heterocycles. The van der Waals surface area contributed by atoms with Crippen LogP contribution < -0.4 is 0 Å². The molecule has 1 heterocycles. The van der Waals surface area contributed by atoms with Gasteiger partial charge in [0.1, 0.15) is 5.82 Å². The molecule has 0 unspecified atom stereocenters. The van der Waals surface area contributed by atoms with E-state index in [-0.39, 0.29) is 5.91 Å². The Morgan fingerprint density at radius 2 is 1.93 bits per heavy atom. The Balaban J connectivity index is 1.67. The molecule has 3 aromatic rings. The third-order valence-corrected chi connectivity index (χ3v) is 5.81. The van der Waals surface area contributed by atoms with E-state index in [4.69, 9.17) is 28.2 Å². The molecule has 1 aliphatic carbocycles. The quantitative estimate of drug-likeness (QED) is 0.559. The molecule has 1 fully saturated rings. The van der Waals surface area contributed by atoms with Crippen LogP contribution in [0.2, 0.25) is 10.0 Å². The first-order chi connectivity index (χ1) is 13.0. The summed E-state index contributed by atoms with van der Waals surface area (Å²) in [5, 5.41) is 0.898. The number of para-hydroxylation sites is 2. The minimum Gasteiger partial charge on any atom is -0.334 e. The molecule has 0 spiro atoms. The average Bonchev–Trinajstić information content (AvgIpc) is 3.30. The molecule has 1 saturated carbocycles. The summed E-state index contributed by atoms with van der Waals surface area (Å²) in [5.74, 6) is 0.754. The monoisotopic (exact) mass is 401 g/mol. The zero-order valence-corrected chi connectivity index (χ0v) is 16.7. The molecule has 0 bridgehead atoms. The number of aromatic nitrogens is 2. The molecule has 6 heteroatoms. The topological polar surface area (TPSA) is 38.1 Å². The molecule has 1 aliphatic rings. The summed E-state index contributed by atoms with van der Waals surface area (Å²) in [6.45, 7) is 0.423. The lowest BCUT2D eigenvalue weighted by molar-refractivity contribution is 0.0779. The zero-order chi connectivity index (χ0) is 19.0. The van der Waals surface area contributed by atoms with Crippen LogP contribution in [-0.4, -0.2) is 27.4 Å². The standard InChI is InChI=1S/C21H21Cl2N3O/c1-25(21(27)16-12-14(22)10-11-17(16)23)13-20-24-18-8-4-5-9-19(18)26(20)15-6-2-3-7-15/h4-5,8-12,15H,2-3,6-7,13H2,1H3. The average molecular weight is 402 g/mol. The Morgan fingerprint density at radius 3 is 2.70 bits per heavy atom. The maximum Gasteiger partial charge on any atom is 0.255 e. The van der Waals surface area contributed by atoms with Gasteiger partial charge in [-0.05, 0) is 43.2 Å². The Morgan fingerprint density at radius 1 is 1.19 bits per heavy atom. The van der Waals surface area contributed by atoms with Gasteiger partial charge in [-0.2, -0.15) is 0 Å². The minimum atomic E-state index is -0.160. The highest BCUT2D eigenvalue weighted by atomic mass is 35.5. The normalized spacial score (nSPS) is 14.8. The Kier molecular flexibility index (Phi) is 5.11. The molecule has 0 atom stereocenters. The Bertz CT molecular complexity index is 992. The second-order valence-corrected chi connectivity index (χ2v) is 7.95. The molecule has 0 radical (unpaired) electrons. The van der Waals surface area contributed by atoms with Gasteiger partial charge in [-0.15, -0.1) is 0 Å². The second-order valence-electron chi connectivity index (χ2n) is 7.11. The predicted molar refractivity (Wildman–Crippen MR) is 109 cm³/mol. The van der Waals surface area contributed by atoms with Gasteiger partial charge in [0, 0.05) is 18.1 Å². The van der Waals surface area contributed by atoms with Gasteiger partial charge >= 0.3 is 0 Å². The van der Waals surface area contributed by atoms with Crippen molar-refractivity contribution in [1.29, 1.82) is 0 Å². The fraction of sp³-hybridized carbons (Fsp3) is 0.333. The number of imidazole rings is 1. The highest BCUT2D eigenvalue weighted by molar-refractivity contribution is 6.35. The number of benzene rings is 2. The van der Waals surface area contributed by atoms with Gasteiger partial charge < -0.3 is 9.47 Å². The van der Waals surface area contributed by atoms with Crippen LogP contribution in [0.15, 0.2) is 42.5 Å². The van der Waals surface area contributed by atoms with Crippen LogP contribution in [0.4, 0.5) is 0 Å². The van der Waals surface area contributed by atoms with Crippen LogP contribution in [0.1, 0.15) is 47.9 Å². The Hall–Kier alpha value is -2.04. The van der Waals surface area contributed by atoms with Crippen molar-refractivity contribution >= 4 is 40.1 Å². The molecule has 2 aromatic carbocycles. The third-order valence-electron chi connectivity index (χ3n) is 5.24. The van der Waals surface area contributed by atoms with Crippen molar-refractivity contribution in [2.75, 3.05) is 7.05 Å². The smallest absolute Gasteiger partial charge is 0.255 e. The fourth-order valence-electron chi connectivity index (χ4n) is 3.93. The molecule has 4 rings (SSSR count). The van der Waals surface area contributed by atoms with Crippen molar-refractivity contribution in [3.8, 4) is 0 Å². The SMILES string of the molecule is CN(Cc1nc2ccccc2n1C1CCCC1)C(=O)c1cc(Cl)ccc1Cl. The number of hydrogen-bond donors (Lipinski definition) is 0. The lowest BCUT2D eigenvalue weighted by Gasteiger charge is -2.21. The first-order valence-corrected chi connectivity index (χ1v) is 9.96. The van der Waals surface area contributed by atoms with E-state index in [9.17, 15) is 4.79 Å². The van der Waals surface area contributed by atoms with Gasteiger partial charge in [-0.25, -0.2) is 4.98 Å². The summed E-state index contributed by atoms with van der Waals surface area (Å²) in [4.78, 5) is 19.4. The van der Waals surface area contributed by atoms with Gasteiger partial charge in [-0.3, -0.25) is 4.79 Å². The maximum atomic E-state index is 12.9. The van der Waals surface area contributed by atoms with Crippen molar-refractivity contribution in [2.24, 2.45) is 0 Å². The summed E-state index contributed by atoms with van der Waals surface area (Å²) in [6.07, 6.45) is 4.79. The predicted octanol–water partition coefficient (Wildman–Crippen LogP) is 5.73. The molecule has 140 valence electrons. The largest absolute Gasteiger partial charge is 0.334 e. The van der Waals surface area contributed by atoms with Crippen LogP contribution >= 0.6 is 23.2 Å². The minimum absolute atomic E-state index is 0.160. The van der Waals surface area contributed by atoms with Gasteiger partial charge in [0.05, 0.1) is 28.2 Å². The van der Waals surface area contributed by atoms with Crippen molar-refractivity contribution in [2.45, 2.75) is 38.3 Å².